The molecular weight excluding hydrogens is 432 g/mol. The molecule has 27 heavy (non-hydrogen) atoms. The number of amides is 1. The molecule has 0 saturated carbocycles. The molecule has 0 unspecified atom stereocenters. The van der Waals surface area contributed by atoms with Crippen molar-refractivity contribution in [1.82, 2.24) is 19.9 Å². The van der Waals surface area contributed by atoms with E-state index in [1.807, 2.05) is 29.2 Å². The Morgan fingerprint density at radius 3 is 2.96 bits per heavy atom. The molecule has 1 aliphatic heterocycles. The van der Waals surface area contributed by atoms with Crippen LogP contribution >= 0.6 is 27.7 Å². The van der Waals surface area contributed by atoms with Gasteiger partial charge in [-0.1, -0.05) is 23.9 Å². The smallest absolute Gasteiger partial charge is 0.316 e. The van der Waals surface area contributed by atoms with Crippen LogP contribution in [0, 0.1) is 0 Å². The Labute approximate surface area is 168 Å². The van der Waals surface area contributed by atoms with Crippen LogP contribution in [0.5, 0.6) is 6.01 Å². The van der Waals surface area contributed by atoms with Crippen LogP contribution in [-0.4, -0.2) is 50.7 Å². The summed E-state index contributed by atoms with van der Waals surface area (Å²) in [6.07, 6.45) is 4.95. The first-order valence-electron chi connectivity index (χ1n) is 8.58. The van der Waals surface area contributed by atoms with Gasteiger partial charge in [0.1, 0.15) is 11.6 Å². The van der Waals surface area contributed by atoms with Gasteiger partial charge in [0.05, 0.1) is 16.8 Å². The summed E-state index contributed by atoms with van der Waals surface area (Å²) in [5, 5.41) is 0.512. The number of halogens is 1. The molecule has 1 atom stereocenters. The number of carbonyl (C=O) groups excluding carboxylic acids is 1. The fourth-order valence-electron chi connectivity index (χ4n) is 2.90. The zero-order valence-corrected chi connectivity index (χ0v) is 16.8. The molecule has 3 aromatic rings. The number of hydrogen-bond donors (Lipinski definition) is 0. The number of piperidine rings is 1. The first kappa shape index (κ1) is 18.2. The van der Waals surface area contributed by atoms with Gasteiger partial charge in [-0.25, -0.2) is 15.0 Å². The lowest BCUT2D eigenvalue weighted by atomic mass is 10.1. The average molecular weight is 449 g/mol. The van der Waals surface area contributed by atoms with E-state index in [-0.39, 0.29) is 17.8 Å². The van der Waals surface area contributed by atoms with Crippen LogP contribution in [0.2, 0.25) is 0 Å². The summed E-state index contributed by atoms with van der Waals surface area (Å²) < 4.78 is 12.3. The minimum Gasteiger partial charge on any atom is -0.458 e. The van der Waals surface area contributed by atoms with Crippen LogP contribution < -0.4 is 4.74 Å². The van der Waals surface area contributed by atoms with Crippen molar-refractivity contribution in [2.24, 2.45) is 0 Å². The number of carbonyl (C=O) groups is 1. The van der Waals surface area contributed by atoms with E-state index in [1.165, 1.54) is 11.8 Å². The van der Waals surface area contributed by atoms with Gasteiger partial charge in [-0.3, -0.25) is 4.79 Å². The topological polar surface area (TPSA) is 81.4 Å². The molecular formula is C18H17BrN4O3S. The average Bonchev–Trinajstić information content (AvgIpc) is 3.11. The second-order valence-electron chi connectivity index (χ2n) is 6.14. The van der Waals surface area contributed by atoms with Crippen molar-refractivity contribution >= 4 is 44.7 Å². The third-order valence-electron chi connectivity index (χ3n) is 4.19. The molecule has 1 aliphatic rings. The first-order valence-corrected chi connectivity index (χ1v) is 10.4. The van der Waals surface area contributed by atoms with Crippen molar-refractivity contribution in [3.8, 4) is 6.01 Å². The number of oxazole rings is 1. The fraction of sp³-hybridized carbons (Fsp3) is 0.333. The van der Waals surface area contributed by atoms with Crippen LogP contribution in [0.25, 0.3) is 11.1 Å². The highest BCUT2D eigenvalue weighted by atomic mass is 79.9. The van der Waals surface area contributed by atoms with Gasteiger partial charge in [-0.2, -0.15) is 0 Å². The van der Waals surface area contributed by atoms with E-state index in [9.17, 15) is 4.79 Å². The number of aromatic nitrogens is 3. The van der Waals surface area contributed by atoms with E-state index in [0.29, 0.717) is 17.8 Å². The molecule has 1 amide bonds. The van der Waals surface area contributed by atoms with Gasteiger partial charge in [0.15, 0.2) is 5.58 Å². The standard InChI is InChI=1S/C18H17BrN4O3S/c19-12-8-20-17(21-9-12)25-13-4-3-7-23(10-13)16(24)11-27-18-22-14-5-1-2-6-15(14)26-18/h1-2,5-6,8-9,13H,3-4,7,10-11H2/t13-/m1/s1. The van der Waals surface area contributed by atoms with Gasteiger partial charge in [-0.05, 0) is 40.9 Å². The summed E-state index contributed by atoms with van der Waals surface area (Å²) in [4.78, 5) is 27.0. The molecule has 4 rings (SSSR count). The highest BCUT2D eigenvalue weighted by Crippen LogP contribution is 2.24. The van der Waals surface area contributed by atoms with Gasteiger partial charge >= 0.3 is 6.01 Å². The first-order chi connectivity index (χ1) is 13.2. The maximum atomic E-state index is 12.6. The number of thioether (sulfide) groups is 1. The molecule has 3 heterocycles. The quantitative estimate of drug-likeness (QED) is 0.551. The number of fused-ring (bicyclic) bond motifs is 1. The Hall–Kier alpha value is -2.13. The molecule has 0 bridgehead atoms. The van der Waals surface area contributed by atoms with Gasteiger partial charge < -0.3 is 14.1 Å². The Balaban J connectivity index is 1.32. The summed E-state index contributed by atoms with van der Waals surface area (Å²) in [5.41, 5.74) is 1.53. The van der Waals surface area contributed by atoms with E-state index in [0.717, 1.165) is 35.0 Å². The second kappa shape index (κ2) is 8.26. The monoisotopic (exact) mass is 448 g/mol. The van der Waals surface area contributed by atoms with Gasteiger partial charge in [0.2, 0.25) is 5.91 Å². The lowest BCUT2D eigenvalue weighted by Gasteiger charge is -2.32. The normalized spacial score (nSPS) is 17.2. The zero-order chi connectivity index (χ0) is 18.6. The van der Waals surface area contributed by atoms with E-state index >= 15 is 0 Å². The van der Waals surface area contributed by atoms with Crippen LogP contribution in [-0.2, 0) is 4.79 Å². The van der Waals surface area contributed by atoms with Crippen LogP contribution in [0.15, 0.2) is 50.8 Å². The lowest BCUT2D eigenvalue weighted by molar-refractivity contribution is -0.131. The third kappa shape index (κ3) is 4.59. The number of para-hydroxylation sites is 2. The number of likely N-dealkylation sites (tertiary alicyclic amines) is 1. The summed E-state index contributed by atoms with van der Waals surface area (Å²) >= 11 is 4.61. The highest BCUT2D eigenvalue weighted by Gasteiger charge is 2.26. The molecule has 2 aromatic heterocycles. The molecule has 0 N–H and O–H groups in total. The zero-order valence-electron chi connectivity index (χ0n) is 14.4. The Kier molecular flexibility index (Phi) is 5.58. The minimum absolute atomic E-state index is 0.0484. The molecule has 0 spiro atoms. The van der Waals surface area contributed by atoms with Crippen LogP contribution in [0.1, 0.15) is 12.8 Å². The maximum absolute atomic E-state index is 12.6. The minimum atomic E-state index is -0.0989. The van der Waals surface area contributed by atoms with Crippen molar-refractivity contribution in [2.45, 2.75) is 24.2 Å². The third-order valence-corrected chi connectivity index (χ3v) is 5.42. The van der Waals surface area contributed by atoms with E-state index in [1.54, 1.807) is 12.4 Å². The van der Waals surface area contributed by atoms with Crippen molar-refractivity contribution in [2.75, 3.05) is 18.8 Å². The highest BCUT2D eigenvalue weighted by molar-refractivity contribution is 9.10. The summed E-state index contributed by atoms with van der Waals surface area (Å²) in [6, 6.07) is 7.90. The fourth-order valence-corrected chi connectivity index (χ4v) is 3.84. The number of rotatable bonds is 5. The number of hydrogen-bond acceptors (Lipinski definition) is 7. The summed E-state index contributed by atoms with van der Waals surface area (Å²) in [6.45, 7) is 1.26. The summed E-state index contributed by atoms with van der Waals surface area (Å²) in [5.74, 6) is 0.334. The molecule has 1 aromatic carbocycles. The predicted molar refractivity (Wildman–Crippen MR) is 105 cm³/mol. The maximum Gasteiger partial charge on any atom is 0.316 e. The number of ether oxygens (including phenoxy) is 1. The number of nitrogens with zero attached hydrogens (tertiary/aromatic N) is 4. The summed E-state index contributed by atoms with van der Waals surface area (Å²) in [7, 11) is 0. The molecule has 1 fully saturated rings. The van der Waals surface area contributed by atoms with Gasteiger partial charge in [0.25, 0.3) is 5.22 Å². The molecule has 7 nitrogen and oxygen atoms in total. The second-order valence-corrected chi connectivity index (χ2v) is 7.98. The van der Waals surface area contributed by atoms with E-state index < -0.39 is 0 Å². The van der Waals surface area contributed by atoms with E-state index in [2.05, 4.69) is 30.9 Å². The Bertz CT molecular complexity index is 901. The molecule has 0 radical (unpaired) electrons. The largest absolute Gasteiger partial charge is 0.458 e. The Morgan fingerprint density at radius 1 is 1.33 bits per heavy atom. The molecule has 0 aliphatic carbocycles. The molecule has 140 valence electrons. The van der Waals surface area contributed by atoms with Crippen molar-refractivity contribution < 1.29 is 13.9 Å². The van der Waals surface area contributed by atoms with Crippen LogP contribution in [0.3, 0.4) is 0 Å². The lowest BCUT2D eigenvalue weighted by Crippen LogP contribution is -2.45. The molecule has 9 heteroatoms. The van der Waals surface area contributed by atoms with E-state index in [4.69, 9.17) is 9.15 Å². The Morgan fingerprint density at radius 2 is 2.15 bits per heavy atom. The van der Waals surface area contributed by atoms with Gasteiger partial charge in [0, 0.05) is 18.9 Å². The molecule has 1 saturated heterocycles. The number of benzene rings is 1. The van der Waals surface area contributed by atoms with Crippen molar-refractivity contribution in [3.05, 3.63) is 41.1 Å². The predicted octanol–water partition coefficient (Wildman–Crippen LogP) is 3.54. The van der Waals surface area contributed by atoms with Gasteiger partial charge in [-0.15, -0.1) is 0 Å². The van der Waals surface area contributed by atoms with Crippen LogP contribution in [0.4, 0.5) is 0 Å². The van der Waals surface area contributed by atoms with Crippen molar-refractivity contribution in [3.63, 3.8) is 0 Å². The van der Waals surface area contributed by atoms with Crippen molar-refractivity contribution in [1.29, 1.82) is 0 Å². The SMILES string of the molecule is O=C(CSc1nc2ccccc2o1)N1CCC[C@@H](Oc2ncc(Br)cn2)C1.